The van der Waals surface area contributed by atoms with E-state index in [1.54, 1.807) is 18.2 Å². The third-order valence-corrected chi connectivity index (χ3v) is 3.90. The molecular formula is C15H20FNO. The molecule has 0 spiro atoms. The SMILES string of the molecule is CC1CCCC(N)(C(=O)Cc2ccccc2F)C1. The van der Waals surface area contributed by atoms with Gasteiger partial charge in [-0.3, -0.25) is 4.79 Å². The predicted octanol–water partition coefficient (Wildman–Crippen LogP) is 2.84. The summed E-state index contributed by atoms with van der Waals surface area (Å²) < 4.78 is 13.5. The fourth-order valence-electron chi connectivity index (χ4n) is 2.84. The average Bonchev–Trinajstić information content (AvgIpc) is 2.31. The molecule has 1 aliphatic rings. The first-order valence-electron chi connectivity index (χ1n) is 6.57. The van der Waals surface area contributed by atoms with Crippen molar-refractivity contribution in [2.75, 3.05) is 0 Å². The zero-order valence-electron chi connectivity index (χ0n) is 10.8. The first kappa shape index (κ1) is 13.2. The summed E-state index contributed by atoms with van der Waals surface area (Å²) in [6, 6.07) is 6.42. The topological polar surface area (TPSA) is 43.1 Å². The molecule has 2 N–H and O–H groups in total. The molecule has 0 radical (unpaired) electrons. The van der Waals surface area contributed by atoms with E-state index in [0.717, 1.165) is 25.7 Å². The van der Waals surface area contributed by atoms with Gasteiger partial charge in [-0.15, -0.1) is 0 Å². The van der Waals surface area contributed by atoms with Crippen molar-refractivity contribution in [3.8, 4) is 0 Å². The molecule has 0 saturated heterocycles. The maximum atomic E-state index is 13.5. The molecule has 1 aromatic carbocycles. The number of nitrogens with two attached hydrogens (primary N) is 1. The summed E-state index contributed by atoms with van der Waals surface area (Å²) in [5.41, 5.74) is 5.92. The minimum atomic E-state index is -0.750. The van der Waals surface area contributed by atoms with E-state index < -0.39 is 5.54 Å². The number of carbonyl (C=O) groups excluding carboxylic acids is 1. The molecule has 2 unspecified atom stereocenters. The lowest BCUT2D eigenvalue weighted by Gasteiger charge is -2.35. The normalized spacial score (nSPS) is 28.1. The van der Waals surface area contributed by atoms with Crippen LogP contribution in [-0.4, -0.2) is 11.3 Å². The maximum Gasteiger partial charge on any atom is 0.157 e. The summed E-state index contributed by atoms with van der Waals surface area (Å²) in [7, 11) is 0. The van der Waals surface area contributed by atoms with Gasteiger partial charge in [0, 0.05) is 6.42 Å². The summed E-state index contributed by atoms with van der Waals surface area (Å²) in [6.45, 7) is 2.12. The maximum absolute atomic E-state index is 13.5. The van der Waals surface area contributed by atoms with Crippen LogP contribution in [0.4, 0.5) is 4.39 Å². The van der Waals surface area contributed by atoms with Crippen molar-refractivity contribution < 1.29 is 9.18 Å². The van der Waals surface area contributed by atoms with Crippen molar-refractivity contribution >= 4 is 5.78 Å². The number of hydrogen-bond donors (Lipinski definition) is 1. The van der Waals surface area contributed by atoms with Crippen LogP contribution in [0.5, 0.6) is 0 Å². The van der Waals surface area contributed by atoms with Gasteiger partial charge in [0.05, 0.1) is 5.54 Å². The second-order valence-corrected chi connectivity index (χ2v) is 5.55. The molecule has 2 nitrogen and oxygen atoms in total. The second-order valence-electron chi connectivity index (χ2n) is 5.55. The fraction of sp³-hybridized carbons (Fsp3) is 0.533. The van der Waals surface area contributed by atoms with E-state index in [0.29, 0.717) is 11.5 Å². The summed E-state index contributed by atoms with van der Waals surface area (Å²) in [5, 5.41) is 0. The predicted molar refractivity (Wildman–Crippen MR) is 69.7 cm³/mol. The van der Waals surface area contributed by atoms with Gasteiger partial charge in [0.25, 0.3) is 0 Å². The van der Waals surface area contributed by atoms with E-state index in [4.69, 9.17) is 5.73 Å². The number of carbonyl (C=O) groups is 1. The van der Waals surface area contributed by atoms with E-state index in [9.17, 15) is 9.18 Å². The molecule has 98 valence electrons. The quantitative estimate of drug-likeness (QED) is 0.895. The molecule has 0 amide bonds. The molecule has 1 saturated carbocycles. The standard InChI is InChI=1S/C15H20FNO/c1-11-5-4-8-15(17,10-11)14(18)9-12-6-2-3-7-13(12)16/h2-3,6-7,11H,4-5,8-10,17H2,1H3. The molecule has 0 aromatic heterocycles. The molecule has 0 aliphatic heterocycles. The molecular weight excluding hydrogens is 229 g/mol. The zero-order valence-corrected chi connectivity index (χ0v) is 10.8. The van der Waals surface area contributed by atoms with Crippen LogP contribution in [0.15, 0.2) is 24.3 Å². The highest BCUT2D eigenvalue weighted by Crippen LogP contribution is 2.31. The Kier molecular flexibility index (Phi) is 3.81. The van der Waals surface area contributed by atoms with Crippen LogP contribution in [0.2, 0.25) is 0 Å². The Hall–Kier alpha value is -1.22. The van der Waals surface area contributed by atoms with Crippen molar-refractivity contribution in [1.29, 1.82) is 0 Å². The fourth-order valence-corrected chi connectivity index (χ4v) is 2.84. The molecule has 1 aliphatic carbocycles. The van der Waals surface area contributed by atoms with Crippen LogP contribution in [0.25, 0.3) is 0 Å². The van der Waals surface area contributed by atoms with Gasteiger partial charge < -0.3 is 5.73 Å². The molecule has 0 heterocycles. The highest BCUT2D eigenvalue weighted by Gasteiger charge is 2.37. The first-order valence-corrected chi connectivity index (χ1v) is 6.57. The van der Waals surface area contributed by atoms with Crippen molar-refractivity contribution in [2.45, 2.75) is 44.6 Å². The van der Waals surface area contributed by atoms with Crippen LogP contribution in [0.1, 0.15) is 38.2 Å². The Labute approximate surface area is 107 Å². The second kappa shape index (κ2) is 5.19. The Morgan fingerprint density at radius 1 is 1.50 bits per heavy atom. The third-order valence-electron chi connectivity index (χ3n) is 3.90. The van der Waals surface area contributed by atoms with Gasteiger partial charge in [0.1, 0.15) is 5.82 Å². The van der Waals surface area contributed by atoms with Gasteiger partial charge in [-0.2, -0.15) is 0 Å². The van der Waals surface area contributed by atoms with Gasteiger partial charge >= 0.3 is 0 Å². The zero-order chi connectivity index (χ0) is 13.2. The first-order chi connectivity index (χ1) is 8.51. The molecule has 1 aromatic rings. The number of rotatable bonds is 3. The molecule has 18 heavy (non-hydrogen) atoms. The highest BCUT2D eigenvalue weighted by atomic mass is 19.1. The third kappa shape index (κ3) is 2.78. The van der Waals surface area contributed by atoms with Gasteiger partial charge in [0.15, 0.2) is 5.78 Å². The van der Waals surface area contributed by atoms with E-state index >= 15 is 0 Å². The van der Waals surface area contributed by atoms with Gasteiger partial charge in [-0.1, -0.05) is 38.0 Å². The summed E-state index contributed by atoms with van der Waals surface area (Å²) in [4.78, 5) is 12.3. The number of hydrogen-bond acceptors (Lipinski definition) is 2. The van der Waals surface area contributed by atoms with Crippen LogP contribution < -0.4 is 5.73 Å². The van der Waals surface area contributed by atoms with E-state index in [1.807, 2.05) is 0 Å². The van der Waals surface area contributed by atoms with Crippen molar-refractivity contribution in [2.24, 2.45) is 11.7 Å². The molecule has 3 heteroatoms. The average molecular weight is 249 g/mol. The molecule has 0 bridgehead atoms. The highest BCUT2D eigenvalue weighted by molar-refractivity contribution is 5.90. The number of Topliss-reactive ketones (excluding diaryl/α,β-unsaturated/α-hetero) is 1. The largest absolute Gasteiger partial charge is 0.319 e. The Balaban J connectivity index is 2.10. The lowest BCUT2D eigenvalue weighted by molar-refractivity contribution is -0.125. The summed E-state index contributed by atoms with van der Waals surface area (Å²) in [5.74, 6) is 0.130. The molecule has 2 atom stereocenters. The van der Waals surface area contributed by atoms with Crippen LogP contribution in [0.3, 0.4) is 0 Å². The lowest BCUT2D eigenvalue weighted by Crippen LogP contribution is -2.51. The minimum absolute atomic E-state index is 0.0286. The number of benzene rings is 1. The van der Waals surface area contributed by atoms with Gasteiger partial charge in [-0.05, 0) is 30.4 Å². The summed E-state index contributed by atoms with van der Waals surface area (Å²) >= 11 is 0. The number of ketones is 1. The van der Waals surface area contributed by atoms with Crippen molar-refractivity contribution in [1.82, 2.24) is 0 Å². The Morgan fingerprint density at radius 3 is 2.89 bits per heavy atom. The summed E-state index contributed by atoms with van der Waals surface area (Å²) in [6.07, 6.45) is 3.67. The van der Waals surface area contributed by atoms with Crippen molar-refractivity contribution in [3.05, 3.63) is 35.6 Å². The molecule has 2 rings (SSSR count). The van der Waals surface area contributed by atoms with E-state index in [2.05, 4.69) is 6.92 Å². The number of halogens is 1. The van der Waals surface area contributed by atoms with E-state index in [-0.39, 0.29) is 18.0 Å². The van der Waals surface area contributed by atoms with Crippen molar-refractivity contribution in [3.63, 3.8) is 0 Å². The Bertz CT molecular complexity index is 446. The van der Waals surface area contributed by atoms with Gasteiger partial charge in [-0.25, -0.2) is 4.39 Å². The van der Waals surface area contributed by atoms with Gasteiger partial charge in [0.2, 0.25) is 0 Å². The Morgan fingerprint density at radius 2 is 2.22 bits per heavy atom. The lowest BCUT2D eigenvalue weighted by atomic mass is 9.73. The van der Waals surface area contributed by atoms with Crippen LogP contribution in [-0.2, 0) is 11.2 Å². The van der Waals surface area contributed by atoms with E-state index in [1.165, 1.54) is 6.07 Å². The molecule has 1 fully saturated rings. The monoisotopic (exact) mass is 249 g/mol. The minimum Gasteiger partial charge on any atom is -0.319 e. The van der Waals surface area contributed by atoms with Crippen LogP contribution >= 0.6 is 0 Å². The van der Waals surface area contributed by atoms with Crippen LogP contribution in [0, 0.1) is 11.7 Å². The smallest absolute Gasteiger partial charge is 0.157 e.